The van der Waals surface area contributed by atoms with Gasteiger partial charge in [0.25, 0.3) is 0 Å². The lowest BCUT2D eigenvalue weighted by atomic mass is 10.2. The Kier molecular flexibility index (Phi) is 6.49. The average molecular weight is 394 g/mol. The van der Waals surface area contributed by atoms with Crippen LogP contribution in [0.15, 0.2) is 57.1 Å². The summed E-state index contributed by atoms with van der Waals surface area (Å²) in [6.07, 6.45) is 1.54. The molecule has 0 aromatic heterocycles. The molecule has 0 radical (unpaired) electrons. The van der Waals surface area contributed by atoms with Gasteiger partial charge in [-0.05, 0) is 33.6 Å². The van der Waals surface area contributed by atoms with Gasteiger partial charge in [0.05, 0.1) is 17.8 Å². The molecule has 120 valence electrons. The van der Waals surface area contributed by atoms with Crippen LogP contribution in [0.4, 0.5) is 0 Å². The molecule has 0 atom stereocenters. The van der Waals surface area contributed by atoms with Crippen LogP contribution in [0.5, 0.6) is 11.5 Å². The smallest absolute Gasteiger partial charge is 0.180 e. The lowest BCUT2D eigenvalue weighted by Gasteiger charge is -2.07. The number of phenols is 1. The zero-order valence-electron chi connectivity index (χ0n) is 12.4. The van der Waals surface area contributed by atoms with Gasteiger partial charge in [-0.2, -0.15) is 5.10 Å². The molecule has 0 unspecified atom stereocenters. The van der Waals surface area contributed by atoms with E-state index in [2.05, 4.69) is 26.1 Å². The fraction of sp³-hybridized carbons (Fsp3) is 0.125. The highest BCUT2D eigenvalue weighted by Gasteiger charge is 2.09. The van der Waals surface area contributed by atoms with Gasteiger partial charge in [-0.25, -0.2) is 0 Å². The molecule has 0 saturated heterocycles. The monoisotopic (exact) mass is 393 g/mol. The van der Waals surface area contributed by atoms with Gasteiger partial charge in [0, 0.05) is 11.3 Å². The van der Waals surface area contributed by atoms with Crippen LogP contribution in [0.1, 0.15) is 11.1 Å². The van der Waals surface area contributed by atoms with Crippen molar-refractivity contribution in [3.63, 3.8) is 0 Å². The number of benzene rings is 2. The molecule has 3 N–H and O–H groups in total. The van der Waals surface area contributed by atoms with Crippen molar-refractivity contribution in [2.45, 2.75) is 5.75 Å². The number of amidine groups is 1. The van der Waals surface area contributed by atoms with Crippen molar-refractivity contribution in [1.82, 2.24) is 0 Å². The lowest BCUT2D eigenvalue weighted by Crippen LogP contribution is -2.06. The van der Waals surface area contributed by atoms with Gasteiger partial charge in [-0.1, -0.05) is 42.1 Å². The van der Waals surface area contributed by atoms with E-state index in [1.54, 1.807) is 12.3 Å². The minimum Gasteiger partial charge on any atom is -0.504 e. The summed E-state index contributed by atoms with van der Waals surface area (Å²) in [5.41, 5.74) is 7.72. The molecule has 2 rings (SSSR count). The SMILES string of the molecule is COc1c(O)ccc(C=NN=C(N)SCc2ccccc2)c1Br. The van der Waals surface area contributed by atoms with Crippen molar-refractivity contribution in [3.8, 4) is 11.5 Å². The number of aromatic hydroxyl groups is 1. The predicted octanol–water partition coefficient (Wildman–Crippen LogP) is 3.75. The highest BCUT2D eigenvalue weighted by Crippen LogP contribution is 2.36. The molecule has 0 saturated carbocycles. The summed E-state index contributed by atoms with van der Waals surface area (Å²) in [7, 11) is 1.48. The first-order valence-electron chi connectivity index (χ1n) is 6.70. The maximum Gasteiger partial charge on any atom is 0.180 e. The third-order valence-electron chi connectivity index (χ3n) is 2.89. The Bertz CT molecular complexity index is 721. The molecule has 0 bridgehead atoms. The fourth-order valence-electron chi connectivity index (χ4n) is 1.76. The van der Waals surface area contributed by atoms with E-state index < -0.39 is 0 Å². The van der Waals surface area contributed by atoms with Crippen LogP contribution in [0.25, 0.3) is 0 Å². The van der Waals surface area contributed by atoms with Crippen LogP contribution >= 0.6 is 27.7 Å². The normalized spacial score (nSPS) is 11.8. The number of ether oxygens (including phenoxy) is 1. The third kappa shape index (κ3) is 5.01. The largest absolute Gasteiger partial charge is 0.504 e. The molecular weight excluding hydrogens is 378 g/mol. The van der Waals surface area contributed by atoms with Crippen molar-refractivity contribution in [2.24, 2.45) is 15.9 Å². The summed E-state index contributed by atoms with van der Waals surface area (Å²) in [5.74, 6) is 1.14. The molecule has 0 aliphatic heterocycles. The summed E-state index contributed by atoms with van der Waals surface area (Å²) >= 11 is 4.78. The first-order chi connectivity index (χ1) is 11.1. The van der Waals surface area contributed by atoms with E-state index in [4.69, 9.17) is 10.5 Å². The highest BCUT2D eigenvalue weighted by molar-refractivity contribution is 9.10. The first-order valence-corrected chi connectivity index (χ1v) is 8.48. The Morgan fingerprint density at radius 2 is 2.04 bits per heavy atom. The van der Waals surface area contributed by atoms with E-state index in [9.17, 15) is 5.11 Å². The molecule has 5 nitrogen and oxygen atoms in total. The van der Waals surface area contributed by atoms with Gasteiger partial charge in [0.15, 0.2) is 16.7 Å². The molecule has 2 aromatic rings. The Morgan fingerprint density at radius 1 is 1.30 bits per heavy atom. The number of phenolic OH excluding ortho intramolecular Hbond substituents is 1. The standard InChI is InChI=1S/C16H16BrN3O2S/c1-22-15-13(21)8-7-12(14(15)17)9-19-20-16(18)23-10-11-5-3-2-4-6-11/h2-9,21H,10H2,1H3,(H2,18,20). The molecule has 2 aromatic carbocycles. The number of thioether (sulfide) groups is 1. The number of hydrogen-bond donors (Lipinski definition) is 2. The maximum atomic E-state index is 9.66. The molecule has 0 heterocycles. The Balaban J connectivity index is 2.00. The molecule has 23 heavy (non-hydrogen) atoms. The van der Waals surface area contributed by atoms with Gasteiger partial charge >= 0.3 is 0 Å². The maximum absolute atomic E-state index is 9.66. The number of methoxy groups -OCH3 is 1. The second-order valence-corrected chi connectivity index (χ2v) is 6.27. The van der Waals surface area contributed by atoms with Gasteiger partial charge in [0.2, 0.25) is 0 Å². The second-order valence-electron chi connectivity index (χ2n) is 4.48. The van der Waals surface area contributed by atoms with Crippen LogP contribution in [0.3, 0.4) is 0 Å². The predicted molar refractivity (Wildman–Crippen MR) is 99.3 cm³/mol. The highest BCUT2D eigenvalue weighted by atomic mass is 79.9. The van der Waals surface area contributed by atoms with Crippen molar-refractivity contribution in [1.29, 1.82) is 0 Å². The number of nitrogens with zero attached hydrogens (tertiary/aromatic N) is 2. The summed E-state index contributed by atoms with van der Waals surface area (Å²) in [6.45, 7) is 0. The number of nitrogens with two attached hydrogens (primary N) is 1. The molecule has 0 aliphatic rings. The van der Waals surface area contributed by atoms with Crippen LogP contribution in [0, 0.1) is 0 Å². The van der Waals surface area contributed by atoms with E-state index in [1.807, 2.05) is 30.3 Å². The van der Waals surface area contributed by atoms with Crippen molar-refractivity contribution >= 4 is 39.1 Å². The van der Waals surface area contributed by atoms with Crippen molar-refractivity contribution in [2.75, 3.05) is 7.11 Å². The quantitative estimate of drug-likeness (QED) is 0.460. The van der Waals surface area contributed by atoms with Gasteiger partial charge < -0.3 is 15.6 Å². The van der Waals surface area contributed by atoms with Crippen LogP contribution < -0.4 is 10.5 Å². The number of halogens is 1. The Labute approximate surface area is 147 Å². The van der Waals surface area contributed by atoms with Crippen molar-refractivity contribution in [3.05, 3.63) is 58.1 Å². The molecular formula is C16H16BrN3O2S. The molecule has 0 spiro atoms. The summed E-state index contributed by atoms with van der Waals surface area (Å²) in [5, 5.41) is 18.0. The topological polar surface area (TPSA) is 80.2 Å². The minimum absolute atomic E-state index is 0.0537. The van der Waals surface area contributed by atoms with Crippen LogP contribution in [0.2, 0.25) is 0 Å². The molecule has 0 aliphatic carbocycles. The van der Waals surface area contributed by atoms with E-state index in [1.165, 1.54) is 30.5 Å². The number of hydrogen-bond acceptors (Lipinski definition) is 5. The van der Waals surface area contributed by atoms with E-state index >= 15 is 0 Å². The van der Waals surface area contributed by atoms with Gasteiger partial charge in [-0.3, -0.25) is 0 Å². The molecule has 7 heteroatoms. The summed E-state index contributed by atoms with van der Waals surface area (Å²) in [6, 6.07) is 13.2. The Morgan fingerprint density at radius 3 is 2.74 bits per heavy atom. The zero-order valence-corrected chi connectivity index (χ0v) is 14.8. The van der Waals surface area contributed by atoms with E-state index in [0.717, 1.165) is 11.3 Å². The minimum atomic E-state index is 0.0537. The summed E-state index contributed by atoms with van der Waals surface area (Å²) < 4.78 is 5.71. The zero-order chi connectivity index (χ0) is 16.7. The Hall–Kier alpha value is -1.99. The van der Waals surface area contributed by atoms with Crippen LogP contribution in [-0.2, 0) is 5.75 Å². The molecule has 0 amide bonds. The average Bonchev–Trinajstić information content (AvgIpc) is 2.56. The van der Waals surface area contributed by atoms with Crippen LogP contribution in [-0.4, -0.2) is 23.6 Å². The molecule has 0 fully saturated rings. The second kappa shape index (κ2) is 8.59. The third-order valence-corrected chi connectivity index (χ3v) is 4.57. The number of rotatable bonds is 5. The lowest BCUT2D eigenvalue weighted by molar-refractivity contribution is 0.371. The van der Waals surface area contributed by atoms with E-state index in [0.29, 0.717) is 15.4 Å². The van der Waals surface area contributed by atoms with Gasteiger partial charge in [0.1, 0.15) is 0 Å². The first kappa shape index (κ1) is 17.4. The van der Waals surface area contributed by atoms with Gasteiger partial charge in [-0.15, -0.1) is 5.10 Å². The van der Waals surface area contributed by atoms with E-state index in [-0.39, 0.29) is 5.75 Å². The summed E-state index contributed by atoms with van der Waals surface area (Å²) in [4.78, 5) is 0. The fourth-order valence-corrected chi connectivity index (χ4v) is 2.97. The van der Waals surface area contributed by atoms with Crippen molar-refractivity contribution < 1.29 is 9.84 Å².